The summed E-state index contributed by atoms with van der Waals surface area (Å²) in [7, 11) is -1.95. The summed E-state index contributed by atoms with van der Waals surface area (Å²) in [4.78, 5) is 24.7. The number of hydrogen-bond donors (Lipinski definition) is 2. The smallest absolute Gasteiger partial charge is 0.461 e. The Morgan fingerprint density at radius 2 is 2.10 bits per heavy atom. The topological polar surface area (TPSA) is 134 Å². The molecule has 2 unspecified atom stereocenters. The molecule has 2 aromatic heterocycles. The van der Waals surface area contributed by atoms with E-state index in [2.05, 4.69) is 20.0 Å². The van der Waals surface area contributed by atoms with Crippen LogP contribution in [-0.2, 0) is 25.4 Å². The number of nitrogens with zero attached hydrogens (tertiary/aromatic N) is 4. The fraction of sp³-hybridized carbons (Fsp3) is 0.667. The monoisotopic (exact) mass is 423 g/mol. The van der Waals surface area contributed by atoms with Crippen molar-refractivity contribution in [2.24, 2.45) is 0 Å². The van der Waals surface area contributed by atoms with Crippen LogP contribution in [0.4, 0.5) is 5.82 Å². The molecule has 0 aromatic carbocycles. The van der Waals surface area contributed by atoms with Crippen LogP contribution in [0.1, 0.15) is 46.5 Å². The van der Waals surface area contributed by atoms with E-state index in [0.29, 0.717) is 23.5 Å². The number of nitrogen functional groups attached to an aromatic ring is 1. The first-order valence-corrected chi connectivity index (χ1v) is 11.2. The summed E-state index contributed by atoms with van der Waals surface area (Å²) in [6, 6.07) is 0. The summed E-state index contributed by atoms with van der Waals surface area (Å²) in [5.41, 5.74) is 5.90. The van der Waals surface area contributed by atoms with Gasteiger partial charge in [-0.1, -0.05) is 5.09 Å². The molecular weight excluding hydrogens is 395 g/mol. The Morgan fingerprint density at radius 1 is 1.38 bits per heavy atom. The van der Waals surface area contributed by atoms with Crippen LogP contribution in [0, 0.1) is 0 Å². The van der Waals surface area contributed by atoms with E-state index < -0.39 is 13.5 Å². The van der Waals surface area contributed by atoms with Crippen molar-refractivity contribution in [2.45, 2.75) is 70.7 Å². The van der Waals surface area contributed by atoms with Crippen LogP contribution >= 0.6 is 7.95 Å². The van der Waals surface area contributed by atoms with Gasteiger partial charge in [0.1, 0.15) is 17.9 Å². The lowest BCUT2D eigenvalue weighted by Crippen LogP contribution is -2.45. The van der Waals surface area contributed by atoms with Gasteiger partial charge in [-0.05, 0) is 51.0 Å². The van der Waals surface area contributed by atoms with Crippen molar-refractivity contribution in [1.82, 2.24) is 24.6 Å². The molecule has 10 nitrogen and oxygen atoms in total. The van der Waals surface area contributed by atoms with E-state index in [-0.39, 0.29) is 24.5 Å². The molecule has 1 aliphatic carbocycles. The van der Waals surface area contributed by atoms with Crippen molar-refractivity contribution in [1.29, 1.82) is 0 Å². The van der Waals surface area contributed by atoms with E-state index in [4.69, 9.17) is 15.2 Å². The number of fused-ring (bicyclic) bond motifs is 1. The van der Waals surface area contributed by atoms with E-state index in [1.54, 1.807) is 24.7 Å². The summed E-state index contributed by atoms with van der Waals surface area (Å²) in [5, 5.41) is 2.83. The molecule has 1 fully saturated rings. The highest BCUT2D eigenvalue weighted by molar-refractivity contribution is 7.42. The number of aromatic nitrogens is 4. The third kappa shape index (κ3) is 5.46. The Hall–Kier alpha value is -2.16. The van der Waals surface area contributed by atoms with Crippen molar-refractivity contribution in [3.63, 3.8) is 0 Å². The van der Waals surface area contributed by atoms with Crippen molar-refractivity contribution < 1.29 is 18.8 Å². The minimum absolute atomic E-state index is 0.0272. The van der Waals surface area contributed by atoms with Crippen LogP contribution in [0.2, 0.25) is 0 Å². The van der Waals surface area contributed by atoms with Gasteiger partial charge in [-0.3, -0.25) is 0 Å². The molecule has 0 saturated heterocycles. The fourth-order valence-electron chi connectivity index (χ4n) is 3.25. The number of rotatable bonds is 9. The van der Waals surface area contributed by atoms with Crippen molar-refractivity contribution in [3.05, 3.63) is 12.7 Å². The molecule has 3 N–H and O–H groups in total. The van der Waals surface area contributed by atoms with Crippen LogP contribution in [0.5, 0.6) is 0 Å². The first kappa shape index (κ1) is 21.5. The SMILES string of the molecule is CC(Cn1cnc2c(N)ncnc21)OC[P+](=O)NC(C)(C)C(=O)OC1CCCC1. The lowest BCUT2D eigenvalue weighted by Gasteiger charge is -2.21. The quantitative estimate of drug-likeness (QED) is 0.460. The van der Waals surface area contributed by atoms with Gasteiger partial charge in [0.25, 0.3) is 6.35 Å². The largest absolute Gasteiger partial charge is 0.461 e. The number of anilines is 1. The van der Waals surface area contributed by atoms with E-state index in [9.17, 15) is 9.36 Å². The number of ether oxygens (including phenoxy) is 2. The van der Waals surface area contributed by atoms with Gasteiger partial charge in [-0.2, -0.15) is 0 Å². The molecule has 0 amide bonds. The fourth-order valence-corrected chi connectivity index (χ4v) is 4.42. The molecule has 1 aliphatic rings. The van der Waals surface area contributed by atoms with Gasteiger partial charge in [-0.25, -0.2) is 19.7 Å². The molecule has 158 valence electrons. The Kier molecular flexibility index (Phi) is 6.77. The number of nitrogens with one attached hydrogen (secondary N) is 1. The van der Waals surface area contributed by atoms with Gasteiger partial charge in [0, 0.05) is 0 Å². The zero-order chi connectivity index (χ0) is 21.0. The maximum atomic E-state index is 12.4. The van der Waals surface area contributed by atoms with E-state index in [1.165, 1.54) is 6.33 Å². The molecule has 2 atom stereocenters. The molecule has 11 heteroatoms. The van der Waals surface area contributed by atoms with Crippen LogP contribution in [-0.4, -0.2) is 49.6 Å². The number of hydrogen-bond acceptors (Lipinski definition) is 8. The summed E-state index contributed by atoms with van der Waals surface area (Å²) >= 11 is 0. The summed E-state index contributed by atoms with van der Waals surface area (Å²) in [6.07, 6.45) is 6.65. The van der Waals surface area contributed by atoms with Crippen molar-refractivity contribution in [2.75, 3.05) is 12.1 Å². The Balaban J connectivity index is 1.47. The maximum Gasteiger partial charge on any atom is 0.461 e. The highest BCUT2D eigenvalue weighted by Crippen LogP contribution is 2.26. The zero-order valence-corrected chi connectivity index (χ0v) is 17.9. The molecule has 29 heavy (non-hydrogen) atoms. The van der Waals surface area contributed by atoms with Crippen LogP contribution in [0.3, 0.4) is 0 Å². The van der Waals surface area contributed by atoms with Crippen LogP contribution in [0.15, 0.2) is 12.7 Å². The molecule has 0 spiro atoms. The van der Waals surface area contributed by atoms with E-state index >= 15 is 0 Å². The summed E-state index contributed by atoms with van der Waals surface area (Å²) in [5.74, 6) is -0.0655. The maximum absolute atomic E-state index is 12.4. The van der Waals surface area contributed by atoms with Crippen molar-refractivity contribution in [3.8, 4) is 0 Å². The third-order valence-electron chi connectivity index (χ3n) is 4.85. The minimum atomic E-state index is -1.95. The summed E-state index contributed by atoms with van der Waals surface area (Å²) in [6.45, 7) is 5.66. The van der Waals surface area contributed by atoms with Crippen LogP contribution in [0.25, 0.3) is 11.2 Å². The average Bonchev–Trinajstić information content (AvgIpc) is 3.31. The molecule has 3 rings (SSSR count). The second-order valence-electron chi connectivity index (χ2n) is 7.86. The number of esters is 1. The second kappa shape index (κ2) is 9.11. The highest BCUT2D eigenvalue weighted by atomic mass is 31.1. The first-order chi connectivity index (χ1) is 13.8. The minimum Gasteiger partial charge on any atom is -0.461 e. The number of imidazole rings is 1. The number of carbonyl (C=O) groups excluding carboxylic acids is 1. The van der Waals surface area contributed by atoms with Gasteiger partial charge < -0.3 is 19.8 Å². The summed E-state index contributed by atoms with van der Waals surface area (Å²) < 4.78 is 25.4. The van der Waals surface area contributed by atoms with E-state index in [0.717, 1.165) is 25.7 Å². The lowest BCUT2D eigenvalue weighted by molar-refractivity contribution is -0.154. The van der Waals surface area contributed by atoms with Gasteiger partial charge in [-0.15, -0.1) is 0 Å². The molecule has 2 aromatic rings. The predicted octanol–water partition coefficient (Wildman–Crippen LogP) is 2.37. The predicted molar refractivity (Wildman–Crippen MR) is 108 cm³/mol. The van der Waals surface area contributed by atoms with Gasteiger partial charge >= 0.3 is 13.9 Å². The number of carbonyl (C=O) groups is 1. The Morgan fingerprint density at radius 3 is 2.83 bits per heavy atom. The van der Waals surface area contributed by atoms with Gasteiger partial charge in [0.15, 0.2) is 17.0 Å². The second-order valence-corrected chi connectivity index (χ2v) is 9.10. The highest BCUT2D eigenvalue weighted by Gasteiger charge is 2.39. The first-order valence-electron chi connectivity index (χ1n) is 9.72. The Labute approximate surface area is 170 Å². The van der Waals surface area contributed by atoms with Crippen molar-refractivity contribution >= 4 is 30.9 Å². The van der Waals surface area contributed by atoms with Gasteiger partial charge in [0.2, 0.25) is 0 Å². The number of nitrogens with two attached hydrogens (primary N) is 1. The third-order valence-corrected chi connectivity index (χ3v) is 6.04. The van der Waals surface area contributed by atoms with E-state index in [1.807, 2.05) is 6.92 Å². The molecule has 1 saturated carbocycles. The molecule has 0 aliphatic heterocycles. The standard InChI is InChI=1S/C18H28N6O4P/c1-12(8-24-10-22-14-15(19)20-9-21-16(14)24)27-11-29(26)23-18(2,3)17(25)28-13-6-4-5-7-13/h9-10,12-13H,4-8,11H2,1-3H3,(H,23,26)(H2,19,20,21)/q+1. The molecule has 0 bridgehead atoms. The molecule has 2 heterocycles. The lowest BCUT2D eigenvalue weighted by atomic mass is 10.1. The van der Waals surface area contributed by atoms with Crippen LogP contribution < -0.4 is 10.8 Å². The zero-order valence-electron chi connectivity index (χ0n) is 17.0. The normalized spacial score (nSPS) is 16.9. The average molecular weight is 423 g/mol. The van der Waals surface area contributed by atoms with Gasteiger partial charge in [0.05, 0.1) is 19.0 Å². The molecule has 0 radical (unpaired) electrons. The molecular formula is C18H28N6O4P+. The Bertz CT molecular complexity index is 880.